The third-order valence-corrected chi connectivity index (χ3v) is 3.64. The molecule has 0 aliphatic heterocycles. The fraction of sp³-hybridized carbons (Fsp3) is 0.571. The van der Waals surface area contributed by atoms with Gasteiger partial charge in [0.2, 0.25) is 0 Å². The normalized spacial score (nSPS) is 23.1. The van der Waals surface area contributed by atoms with E-state index in [4.69, 9.17) is 4.74 Å². The number of nitro groups is 1. The van der Waals surface area contributed by atoms with Crippen LogP contribution in [-0.4, -0.2) is 22.2 Å². The van der Waals surface area contributed by atoms with Crippen LogP contribution >= 0.6 is 0 Å². The number of benzene rings is 1. The fourth-order valence-corrected chi connectivity index (χ4v) is 2.48. The highest BCUT2D eigenvalue weighted by Crippen LogP contribution is 2.30. The molecule has 1 aromatic rings. The van der Waals surface area contributed by atoms with Crippen molar-refractivity contribution in [3.05, 3.63) is 33.4 Å². The lowest BCUT2D eigenvalue weighted by Crippen LogP contribution is -2.34. The number of aryl methyl sites for hydroxylation is 2. The van der Waals surface area contributed by atoms with Gasteiger partial charge in [0.25, 0.3) is 5.69 Å². The molecule has 0 radical (unpaired) electrons. The van der Waals surface area contributed by atoms with Gasteiger partial charge in [0.15, 0.2) is 0 Å². The van der Waals surface area contributed by atoms with Crippen molar-refractivity contribution in [2.75, 3.05) is 0 Å². The van der Waals surface area contributed by atoms with Crippen LogP contribution < -0.4 is 4.74 Å². The summed E-state index contributed by atoms with van der Waals surface area (Å²) in [4.78, 5) is 10.5. The lowest BCUT2D eigenvalue weighted by Gasteiger charge is -2.28. The van der Waals surface area contributed by atoms with Gasteiger partial charge in [-0.05, 0) is 44.7 Å². The summed E-state index contributed by atoms with van der Waals surface area (Å²) in [5.74, 6) is 0.633. The van der Waals surface area contributed by atoms with Crippen molar-refractivity contribution in [1.82, 2.24) is 0 Å². The molecule has 1 aliphatic carbocycles. The van der Waals surface area contributed by atoms with Crippen molar-refractivity contribution in [2.24, 2.45) is 0 Å². The first kappa shape index (κ1) is 13.8. The van der Waals surface area contributed by atoms with E-state index in [0.29, 0.717) is 11.3 Å². The third-order valence-electron chi connectivity index (χ3n) is 3.64. The topological polar surface area (TPSA) is 72.6 Å². The molecule has 0 aromatic heterocycles. The Kier molecular flexibility index (Phi) is 4.04. The Morgan fingerprint density at radius 1 is 1.26 bits per heavy atom. The van der Waals surface area contributed by atoms with Gasteiger partial charge >= 0.3 is 0 Å². The minimum Gasteiger partial charge on any atom is -0.487 e. The molecule has 0 amide bonds. The molecule has 5 nitrogen and oxygen atoms in total. The maximum atomic E-state index is 10.9. The summed E-state index contributed by atoms with van der Waals surface area (Å²) in [5.41, 5.74) is 1.42. The number of aliphatic hydroxyl groups excluding tert-OH is 1. The summed E-state index contributed by atoms with van der Waals surface area (Å²) in [6.07, 6.45) is 3.02. The van der Waals surface area contributed by atoms with E-state index in [9.17, 15) is 15.2 Å². The standard InChI is InChI=1S/C14H19NO4/c1-9-8-14(10(2)7-11(9)15(17)18)19-13-6-4-3-5-12(13)16/h7-8,12-13,16H,3-6H2,1-2H3/t12-,13-/m0/s1. The van der Waals surface area contributed by atoms with Crippen molar-refractivity contribution < 1.29 is 14.8 Å². The quantitative estimate of drug-likeness (QED) is 0.673. The molecule has 19 heavy (non-hydrogen) atoms. The maximum absolute atomic E-state index is 10.9. The molecular formula is C14H19NO4. The smallest absolute Gasteiger partial charge is 0.272 e. The van der Waals surface area contributed by atoms with Gasteiger partial charge in [-0.2, -0.15) is 0 Å². The number of ether oxygens (including phenoxy) is 1. The molecule has 0 spiro atoms. The summed E-state index contributed by atoms with van der Waals surface area (Å²) < 4.78 is 5.84. The van der Waals surface area contributed by atoms with Crippen LogP contribution in [0.2, 0.25) is 0 Å². The van der Waals surface area contributed by atoms with Crippen molar-refractivity contribution in [3.8, 4) is 5.75 Å². The molecule has 0 heterocycles. The molecule has 5 heteroatoms. The Labute approximate surface area is 112 Å². The molecule has 1 aromatic carbocycles. The van der Waals surface area contributed by atoms with Crippen molar-refractivity contribution >= 4 is 5.69 Å². The molecule has 1 aliphatic rings. The van der Waals surface area contributed by atoms with E-state index in [1.807, 2.05) is 0 Å². The Balaban J connectivity index is 2.21. The second-order valence-electron chi connectivity index (χ2n) is 5.17. The summed E-state index contributed by atoms with van der Waals surface area (Å²) in [6, 6.07) is 3.22. The van der Waals surface area contributed by atoms with Crippen LogP contribution in [0, 0.1) is 24.0 Å². The van der Waals surface area contributed by atoms with E-state index in [1.165, 1.54) is 6.07 Å². The van der Waals surface area contributed by atoms with Crippen molar-refractivity contribution in [2.45, 2.75) is 51.7 Å². The molecule has 1 saturated carbocycles. The fourth-order valence-electron chi connectivity index (χ4n) is 2.48. The van der Waals surface area contributed by atoms with Crippen LogP contribution in [0.25, 0.3) is 0 Å². The predicted octanol–water partition coefficient (Wildman–Crippen LogP) is 2.89. The largest absolute Gasteiger partial charge is 0.487 e. The summed E-state index contributed by atoms with van der Waals surface area (Å²) >= 11 is 0. The Bertz CT molecular complexity index is 487. The van der Waals surface area contributed by atoms with Gasteiger partial charge in [0, 0.05) is 11.6 Å². The molecule has 0 saturated heterocycles. The van der Waals surface area contributed by atoms with Crippen LogP contribution in [0.4, 0.5) is 5.69 Å². The van der Waals surface area contributed by atoms with Crippen LogP contribution in [0.15, 0.2) is 12.1 Å². The minimum atomic E-state index is -0.441. The molecule has 0 bridgehead atoms. The van der Waals surface area contributed by atoms with Gasteiger partial charge in [-0.25, -0.2) is 0 Å². The monoisotopic (exact) mass is 265 g/mol. The highest BCUT2D eigenvalue weighted by molar-refractivity contribution is 5.49. The maximum Gasteiger partial charge on any atom is 0.272 e. The van der Waals surface area contributed by atoms with Gasteiger partial charge in [0.1, 0.15) is 11.9 Å². The lowest BCUT2D eigenvalue weighted by molar-refractivity contribution is -0.385. The average molecular weight is 265 g/mol. The van der Waals surface area contributed by atoms with E-state index in [1.54, 1.807) is 19.9 Å². The van der Waals surface area contributed by atoms with Crippen LogP contribution in [0.5, 0.6) is 5.75 Å². The van der Waals surface area contributed by atoms with E-state index in [2.05, 4.69) is 0 Å². The summed E-state index contributed by atoms with van der Waals surface area (Å²) in [6.45, 7) is 3.48. The number of hydrogen-bond donors (Lipinski definition) is 1. The molecule has 2 atom stereocenters. The molecule has 1 N–H and O–H groups in total. The zero-order valence-corrected chi connectivity index (χ0v) is 11.3. The van der Waals surface area contributed by atoms with E-state index >= 15 is 0 Å². The van der Waals surface area contributed by atoms with Gasteiger partial charge in [-0.1, -0.05) is 6.42 Å². The second-order valence-corrected chi connectivity index (χ2v) is 5.17. The van der Waals surface area contributed by atoms with E-state index < -0.39 is 6.10 Å². The van der Waals surface area contributed by atoms with Gasteiger partial charge < -0.3 is 9.84 Å². The number of rotatable bonds is 3. The summed E-state index contributed by atoms with van der Waals surface area (Å²) in [5, 5.41) is 20.8. The Hall–Kier alpha value is -1.62. The van der Waals surface area contributed by atoms with Gasteiger partial charge in [-0.15, -0.1) is 0 Å². The van der Waals surface area contributed by atoms with Gasteiger partial charge in [-0.3, -0.25) is 10.1 Å². The minimum absolute atomic E-state index is 0.106. The van der Waals surface area contributed by atoms with Crippen LogP contribution in [0.1, 0.15) is 36.8 Å². The van der Waals surface area contributed by atoms with Crippen molar-refractivity contribution in [1.29, 1.82) is 0 Å². The molecular weight excluding hydrogens is 246 g/mol. The van der Waals surface area contributed by atoms with Crippen LogP contribution in [-0.2, 0) is 0 Å². The molecule has 1 fully saturated rings. The SMILES string of the molecule is Cc1cc([N+](=O)[O-])c(C)cc1O[C@H]1CCCC[C@@H]1O. The highest BCUT2D eigenvalue weighted by Gasteiger charge is 2.25. The molecule has 2 rings (SSSR count). The van der Waals surface area contributed by atoms with Gasteiger partial charge in [0.05, 0.1) is 11.0 Å². The third kappa shape index (κ3) is 3.04. The Morgan fingerprint density at radius 3 is 2.58 bits per heavy atom. The highest BCUT2D eigenvalue weighted by atomic mass is 16.6. The van der Waals surface area contributed by atoms with E-state index in [0.717, 1.165) is 31.2 Å². The first-order valence-electron chi connectivity index (χ1n) is 6.59. The van der Waals surface area contributed by atoms with E-state index in [-0.39, 0.29) is 16.7 Å². The molecule has 0 unspecified atom stereocenters. The number of nitro benzene ring substituents is 1. The first-order valence-corrected chi connectivity index (χ1v) is 6.59. The second kappa shape index (κ2) is 5.57. The summed E-state index contributed by atoms with van der Waals surface area (Å²) in [7, 11) is 0. The average Bonchev–Trinajstić information content (AvgIpc) is 2.35. The zero-order valence-electron chi connectivity index (χ0n) is 11.3. The lowest BCUT2D eigenvalue weighted by atomic mass is 9.94. The Morgan fingerprint density at radius 2 is 1.95 bits per heavy atom. The zero-order chi connectivity index (χ0) is 14.0. The van der Waals surface area contributed by atoms with Crippen LogP contribution in [0.3, 0.4) is 0 Å². The number of nitrogens with zero attached hydrogens (tertiary/aromatic N) is 1. The first-order chi connectivity index (χ1) is 8.99. The molecule has 104 valence electrons. The van der Waals surface area contributed by atoms with Crippen molar-refractivity contribution in [3.63, 3.8) is 0 Å². The predicted molar refractivity (Wildman–Crippen MR) is 71.5 cm³/mol. The number of aliphatic hydroxyl groups is 1. The number of hydrogen-bond acceptors (Lipinski definition) is 4.